The third-order valence-corrected chi connectivity index (χ3v) is 7.91. The minimum absolute atomic E-state index is 0.239. The molecule has 0 radical (unpaired) electrons. The van der Waals surface area contributed by atoms with E-state index in [1.165, 1.54) is 6.07 Å². The minimum Gasteiger partial charge on any atom is -0.492 e. The summed E-state index contributed by atoms with van der Waals surface area (Å²) in [7, 11) is 0. The summed E-state index contributed by atoms with van der Waals surface area (Å²) in [6.45, 7) is 20.3. The molecule has 1 atom stereocenters. The van der Waals surface area contributed by atoms with E-state index in [0.717, 1.165) is 54.0 Å². The molecule has 45 heavy (non-hydrogen) atoms. The number of pyridine rings is 2. The summed E-state index contributed by atoms with van der Waals surface area (Å²) < 4.78 is 31.7. The molecule has 0 amide bonds. The zero-order chi connectivity index (χ0) is 32.9. The molecular weight excluding hydrogens is 571 g/mol. The second-order valence-electron chi connectivity index (χ2n) is 13.9. The van der Waals surface area contributed by atoms with Gasteiger partial charge < -0.3 is 24.4 Å². The van der Waals surface area contributed by atoms with Crippen LogP contribution in [-0.2, 0) is 14.3 Å². The maximum absolute atomic E-state index is 13.8. The van der Waals surface area contributed by atoms with Crippen LogP contribution in [0.15, 0.2) is 42.7 Å². The number of benzene rings is 1. The molecule has 244 valence electrons. The van der Waals surface area contributed by atoms with E-state index in [4.69, 9.17) is 19.2 Å². The Kier molecular flexibility index (Phi) is 10.7. The fraction of sp³-hybridized carbons (Fsp3) is 0.528. The lowest BCUT2D eigenvalue weighted by atomic mass is 9.82. The molecular formula is C36H49FN4O4. The standard InChI is InChI=1S/C36H49FN4O4/c1-23(2)44-34(42)33(45-35(5,6)7)31-25(4)39-22-28(32(31)41-17-14-36(8,9)15-18-41)26-11-13-30(40-21-26)38-16-19-43-27-12-10-24(3)29(37)20-27/h10-13,20-23,33H,14-19H2,1-9H3,(H,38,40)/t33-/m0/s1. The fourth-order valence-electron chi connectivity index (χ4n) is 5.35. The molecule has 9 heteroatoms. The van der Waals surface area contributed by atoms with Crippen LogP contribution in [0.3, 0.4) is 0 Å². The third kappa shape index (κ3) is 9.16. The van der Waals surface area contributed by atoms with E-state index in [1.807, 2.05) is 66.1 Å². The van der Waals surface area contributed by atoms with Crippen molar-refractivity contribution in [1.29, 1.82) is 0 Å². The summed E-state index contributed by atoms with van der Waals surface area (Å²) in [5.74, 6) is 0.472. The van der Waals surface area contributed by atoms with Crippen LogP contribution in [0.4, 0.5) is 15.9 Å². The number of nitrogens with zero attached hydrogens (tertiary/aromatic N) is 3. The highest BCUT2D eigenvalue weighted by Gasteiger charge is 2.37. The molecule has 3 aromatic rings. The van der Waals surface area contributed by atoms with Gasteiger partial charge >= 0.3 is 5.97 Å². The number of nitrogens with one attached hydrogen (secondary N) is 1. The molecule has 1 aliphatic heterocycles. The molecule has 4 rings (SSSR count). The number of anilines is 2. The van der Waals surface area contributed by atoms with Crippen molar-refractivity contribution in [3.05, 3.63) is 65.4 Å². The summed E-state index contributed by atoms with van der Waals surface area (Å²) in [5, 5.41) is 3.27. The van der Waals surface area contributed by atoms with Crippen LogP contribution in [0, 0.1) is 25.1 Å². The maximum Gasteiger partial charge on any atom is 0.340 e. The van der Waals surface area contributed by atoms with Crippen molar-refractivity contribution in [1.82, 2.24) is 9.97 Å². The van der Waals surface area contributed by atoms with Crippen LogP contribution in [0.25, 0.3) is 11.1 Å². The predicted molar refractivity (Wildman–Crippen MR) is 177 cm³/mol. The van der Waals surface area contributed by atoms with E-state index in [9.17, 15) is 9.18 Å². The molecule has 1 fully saturated rings. The minimum atomic E-state index is -0.944. The highest BCUT2D eigenvalue weighted by molar-refractivity contribution is 5.87. The molecule has 1 aromatic carbocycles. The first-order valence-corrected chi connectivity index (χ1v) is 15.9. The number of carbonyl (C=O) groups is 1. The van der Waals surface area contributed by atoms with E-state index in [2.05, 4.69) is 29.0 Å². The van der Waals surface area contributed by atoms with E-state index < -0.39 is 17.7 Å². The molecule has 1 saturated heterocycles. The highest BCUT2D eigenvalue weighted by Crippen LogP contribution is 2.43. The lowest BCUT2D eigenvalue weighted by Crippen LogP contribution is -2.39. The Bertz CT molecular complexity index is 1460. The van der Waals surface area contributed by atoms with E-state index >= 15 is 0 Å². The zero-order valence-electron chi connectivity index (χ0n) is 28.3. The average Bonchev–Trinajstić information content (AvgIpc) is 2.95. The van der Waals surface area contributed by atoms with Gasteiger partial charge in [0.1, 0.15) is 24.0 Å². The molecule has 0 saturated carbocycles. The number of hydrogen-bond donors (Lipinski definition) is 1. The summed E-state index contributed by atoms with van der Waals surface area (Å²) in [6, 6.07) is 8.78. The number of piperidine rings is 1. The topological polar surface area (TPSA) is 85.8 Å². The van der Waals surface area contributed by atoms with E-state index in [1.54, 1.807) is 19.1 Å². The van der Waals surface area contributed by atoms with Crippen LogP contribution < -0.4 is 15.0 Å². The van der Waals surface area contributed by atoms with Crippen LogP contribution in [0.1, 0.15) is 84.2 Å². The Labute approximate surface area is 267 Å². The van der Waals surface area contributed by atoms with Crippen LogP contribution in [0.5, 0.6) is 5.75 Å². The van der Waals surface area contributed by atoms with Crippen LogP contribution in [-0.4, -0.2) is 53.9 Å². The maximum atomic E-state index is 13.8. The van der Waals surface area contributed by atoms with Gasteiger partial charge in [0.05, 0.1) is 23.9 Å². The Balaban J connectivity index is 1.65. The number of esters is 1. The number of aromatic nitrogens is 2. The van der Waals surface area contributed by atoms with Gasteiger partial charge in [-0.1, -0.05) is 19.9 Å². The molecule has 3 heterocycles. The third-order valence-electron chi connectivity index (χ3n) is 7.91. The van der Waals surface area contributed by atoms with Crippen molar-refractivity contribution >= 4 is 17.5 Å². The Morgan fingerprint density at radius 2 is 1.78 bits per heavy atom. The first-order chi connectivity index (χ1) is 21.1. The normalized spacial score (nSPS) is 15.6. The second kappa shape index (κ2) is 14.1. The van der Waals surface area contributed by atoms with E-state index in [0.29, 0.717) is 30.3 Å². The van der Waals surface area contributed by atoms with Gasteiger partial charge in [0.2, 0.25) is 0 Å². The zero-order valence-corrected chi connectivity index (χ0v) is 28.3. The molecule has 0 unspecified atom stereocenters. The monoisotopic (exact) mass is 620 g/mol. The van der Waals surface area contributed by atoms with Gasteiger partial charge in [-0.05, 0) is 90.5 Å². The molecule has 0 aliphatic carbocycles. The van der Waals surface area contributed by atoms with Crippen molar-refractivity contribution in [2.75, 3.05) is 36.5 Å². The first kappa shape index (κ1) is 34.2. The van der Waals surface area contributed by atoms with Crippen molar-refractivity contribution in [3.63, 3.8) is 0 Å². The van der Waals surface area contributed by atoms with Crippen molar-refractivity contribution < 1.29 is 23.4 Å². The van der Waals surface area contributed by atoms with Crippen molar-refractivity contribution in [3.8, 4) is 16.9 Å². The number of rotatable bonds is 11. The Morgan fingerprint density at radius 1 is 1.07 bits per heavy atom. The van der Waals surface area contributed by atoms with Crippen LogP contribution in [0.2, 0.25) is 0 Å². The molecule has 2 aromatic heterocycles. The predicted octanol–water partition coefficient (Wildman–Crippen LogP) is 7.82. The average molecular weight is 621 g/mol. The molecule has 8 nitrogen and oxygen atoms in total. The van der Waals surface area contributed by atoms with Crippen molar-refractivity contribution in [2.45, 2.75) is 93.0 Å². The summed E-state index contributed by atoms with van der Waals surface area (Å²) in [6.07, 6.45) is 4.50. The van der Waals surface area contributed by atoms with Crippen molar-refractivity contribution in [2.24, 2.45) is 5.41 Å². The number of halogens is 1. The first-order valence-electron chi connectivity index (χ1n) is 15.9. The number of ether oxygens (including phenoxy) is 3. The highest BCUT2D eigenvalue weighted by atomic mass is 19.1. The fourth-order valence-corrected chi connectivity index (χ4v) is 5.35. The van der Waals surface area contributed by atoms with Gasteiger partial charge in [0.15, 0.2) is 6.10 Å². The Morgan fingerprint density at radius 3 is 2.38 bits per heavy atom. The van der Waals surface area contributed by atoms with Gasteiger partial charge in [-0.15, -0.1) is 0 Å². The Hall–Kier alpha value is -3.72. The van der Waals surface area contributed by atoms with Gasteiger partial charge in [-0.3, -0.25) is 4.98 Å². The number of hydrogen-bond acceptors (Lipinski definition) is 8. The second-order valence-corrected chi connectivity index (χ2v) is 13.9. The summed E-state index contributed by atoms with van der Waals surface area (Å²) >= 11 is 0. The smallest absolute Gasteiger partial charge is 0.340 e. The lowest BCUT2D eigenvalue weighted by Gasteiger charge is -2.41. The molecule has 1 N–H and O–H groups in total. The number of carbonyl (C=O) groups excluding carboxylic acids is 1. The van der Waals surface area contributed by atoms with Gasteiger partial charge in [0, 0.05) is 53.9 Å². The quantitative estimate of drug-likeness (QED) is 0.172. The van der Waals surface area contributed by atoms with Gasteiger partial charge in [0.25, 0.3) is 0 Å². The van der Waals surface area contributed by atoms with Gasteiger partial charge in [-0.2, -0.15) is 0 Å². The molecule has 0 bridgehead atoms. The van der Waals surface area contributed by atoms with E-state index in [-0.39, 0.29) is 17.3 Å². The largest absolute Gasteiger partial charge is 0.492 e. The summed E-state index contributed by atoms with van der Waals surface area (Å²) in [4.78, 5) is 25.4. The molecule has 0 spiro atoms. The van der Waals surface area contributed by atoms with Crippen LogP contribution >= 0.6 is 0 Å². The number of aryl methyl sites for hydroxylation is 2. The molecule has 1 aliphatic rings. The SMILES string of the molecule is Cc1ccc(OCCNc2ccc(-c3cnc(C)c([C@H](OC(C)(C)C)C(=O)OC(C)C)c3N3CCC(C)(C)CC3)cn2)cc1F. The summed E-state index contributed by atoms with van der Waals surface area (Å²) in [5.41, 5.74) is 4.40. The van der Waals surface area contributed by atoms with Gasteiger partial charge in [-0.25, -0.2) is 14.2 Å². The lowest BCUT2D eigenvalue weighted by molar-refractivity contribution is -0.171.